The van der Waals surface area contributed by atoms with Crippen LogP contribution in [0.1, 0.15) is 5.56 Å². The molecule has 0 aliphatic heterocycles. The molecule has 0 aliphatic rings. The van der Waals surface area contributed by atoms with Crippen LogP contribution in [0.2, 0.25) is 0 Å². The molecule has 0 bridgehead atoms. The molecular weight excluding hydrogens is 340 g/mol. The molecule has 0 atom stereocenters. The highest BCUT2D eigenvalue weighted by Crippen LogP contribution is 2.18. The highest BCUT2D eigenvalue weighted by molar-refractivity contribution is 7.90. The smallest absolute Gasteiger partial charge is 0.296 e. The van der Waals surface area contributed by atoms with Crippen LogP contribution in [0, 0.1) is 0 Å². The number of H-pyrrole nitrogens is 1. The molecule has 8 nitrogen and oxygen atoms in total. The van der Waals surface area contributed by atoms with Gasteiger partial charge in [0.1, 0.15) is 17.8 Å². The zero-order valence-corrected chi connectivity index (χ0v) is 13.5. The lowest BCUT2D eigenvalue weighted by molar-refractivity contribution is 0.603. The van der Waals surface area contributed by atoms with E-state index >= 15 is 0 Å². The topological polar surface area (TPSA) is 126 Å². The lowest BCUT2D eigenvalue weighted by atomic mass is 10.2. The van der Waals surface area contributed by atoms with Crippen LogP contribution in [0.4, 0.5) is 11.5 Å². The predicted octanol–water partition coefficient (Wildman–Crippen LogP) is 1.61. The number of nitrogens with two attached hydrogens (primary N) is 1. The molecule has 0 unspecified atom stereocenters. The van der Waals surface area contributed by atoms with Crippen LogP contribution in [0.25, 0.3) is 11.0 Å². The van der Waals surface area contributed by atoms with E-state index in [2.05, 4.69) is 25.0 Å². The second-order valence-electron chi connectivity index (χ2n) is 4.66. The number of aromatic nitrogens is 3. The molecule has 0 saturated heterocycles. The average Bonchev–Trinajstić information content (AvgIpc) is 2.94. The summed E-state index contributed by atoms with van der Waals surface area (Å²) in [5, 5.41) is 9.05. The van der Waals surface area contributed by atoms with E-state index in [4.69, 9.17) is 5.14 Å². The third-order valence-electron chi connectivity index (χ3n) is 3.03. The van der Waals surface area contributed by atoms with Crippen LogP contribution in [0.5, 0.6) is 0 Å². The second kappa shape index (κ2) is 6.82. The molecule has 122 valence electrons. The van der Waals surface area contributed by atoms with Crippen LogP contribution < -0.4 is 15.2 Å². The monoisotopic (exact) mass is 354 g/mol. The Kier molecular flexibility index (Phi) is 5.04. The van der Waals surface area contributed by atoms with Crippen LogP contribution in [0.3, 0.4) is 0 Å². The van der Waals surface area contributed by atoms with Crippen molar-refractivity contribution in [1.82, 2.24) is 15.0 Å². The molecule has 10 heteroatoms. The molecule has 0 saturated carbocycles. The van der Waals surface area contributed by atoms with Gasteiger partial charge in [-0.05, 0) is 23.8 Å². The largest absolute Gasteiger partial charge is 0.365 e. The van der Waals surface area contributed by atoms with E-state index in [9.17, 15) is 8.42 Å². The van der Waals surface area contributed by atoms with E-state index in [1.165, 1.54) is 6.33 Å². The molecular formula is C13H15ClN6O2S. The molecule has 0 amide bonds. The van der Waals surface area contributed by atoms with Gasteiger partial charge in [-0.1, -0.05) is 12.1 Å². The van der Waals surface area contributed by atoms with Crippen molar-refractivity contribution in [2.24, 2.45) is 5.14 Å². The van der Waals surface area contributed by atoms with Crippen molar-refractivity contribution in [1.29, 1.82) is 0 Å². The van der Waals surface area contributed by atoms with Gasteiger partial charge in [0.05, 0.1) is 5.39 Å². The maximum absolute atomic E-state index is 10.9. The summed E-state index contributed by atoms with van der Waals surface area (Å²) in [6, 6.07) is 8.80. The predicted molar refractivity (Wildman–Crippen MR) is 91.6 cm³/mol. The first kappa shape index (κ1) is 17.0. The minimum atomic E-state index is -3.75. The van der Waals surface area contributed by atoms with Crippen molar-refractivity contribution in [3.05, 3.63) is 48.4 Å². The molecule has 3 aromatic rings. The highest BCUT2D eigenvalue weighted by atomic mass is 35.5. The Labute approximate surface area is 139 Å². The molecule has 0 aliphatic carbocycles. The number of nitrogens with one attached hydrogen (secondary N) is 3. The Hall–Kier alpha value is -2.36. The zero-order valence-electron chi connectivity index (χ0n) is 11.9. The average molecular weight is 355 g/mol. The van der Waals surface area contributed by atoms with Crippen LogP contribution in [-0.2, 0) is 16.8 Å². The SMILES string of the molecule is Cl.NS(=O)(=O)Nc1ccc(CNc2ncnc3[nH]ccc23)cc1. The molecule has 0 fully saturated rings. The van der Waals surface area contributed by atoms with Gasteiger partial charge >= 0.3 is 0 Å². The first-order valence-corrected chi connectivity index (χ1v) is 7.97. The van der Waals surface area contributed by atoms with E-state index in [1.807, 2.05) is 6.07 Å². The van der Waals surface area contributed by atoms with Crippen LogP contribution in [0.15, 0.2) is 42.9 Å². The lowest BCUT2D eigenvalue weighted by Gasteiger charge is -2.08. The third kappa shape index (κ3) is 4.31. The Bertz CT molecular complexity index is 894. The van der Waals surface area contributed by atoms with Crippen molar-refractivity contribution in [3.63, 3.8) is 0 Å². The summed E-state index contributed by atoms with van der Waals surface area (Å²) in [5.74, 6) is 0.734. The summed E-state index contributed by atoms with van der Waals surface area (Å²) >= 11 is 0. The number of aromatic amines is 1. The Balaban J connectivity index is 0.00000192. The van der Waals surface area contributed by atoms with Crippen molar-refractivity contribution >= 4 is 45.2 Å². The second-order valence-corrected chi connectivity index (χ2v) is 5.95. The standard InChI is InChI=1S/C13H14N6O2S.ClH/c14-22(20,21)19-10-3-1-9(2-4-10)7-16-13-11-5-6-15-12(11)17-8-18-13;/h1-6,8,19H,7H2,(H2,14,20,21)(H2,15,16,17,18);1H. The van der Waals surface area contributed by atoms with Crippen LogP contribution >= 0.6 is 12.4 Å². The van der Waals surface area contributed by atoms with Crippen LogP contribution in [-0.4, -0.2) is 23.4 Å². The summed E-state index contributed by atoms with van der Waals surface area (Å²) in [5.41, 5.74) is 2.16. The molecule has 0 spiro atoms. The normalized spacial score (nSPS) is 11.0. The van der Waals surface area contributed by atoms with Gasteiger partial charge in [-0.15, -0.1) is 12.4 Å². The van der Waals surface area contributed by atoms with Crippen molar-refractivity contribution in [3.8, 4) is 0 Å². The molecule has 5 N–H and O–H groups in total. The fourth-order valence-corrected chi connectivity index (χ4v) is 2.52. The molecule has 0 radical (unpaired) electrons. The maximum Gasteiger partial charge on any atom is 0.296 e. The van der Waals surface area contributed by atoms with Gasteiger partial charge in [0.25, 0.3) is 10.2 Å². The molecule has 3 rings (SSSR count). The van der Waals surface area contributed by atoms with Gasteiger partial charge in [-0.2, -0.15) is 8.42 Å². The summed E-state index contributed by atoms with van der Waals surface area (Å²) in [6.07, 6.45) is 3.29. The van der Waals surface area contributed by atoms with Crippen molar-refractivity contribution in [2.45, 2.75) is 6.54 Å². The number of hydrogen-bond donors (Lipinski definition) is 4. The zero-order chi connectivity index (χ0) is 15.6. The van der Waals surface area contributed by atoms with Gasteiger partial charge in [-0.3, -0.25) is 4.72 Å². The Morgan fingerprint density at radius 3 is 2.57 bits per heavy atom. The summed E-state index contributed by atoms with van der Waals surface area (Å²) in [4.78, 5) is 11.3. The molecule has 23 heavy (non-hydrogen) atoms. The van der Waals surface area contributed by atoms with E-state index in [0.29, 0.717) is 12.2 Å². The number of fused-ring (bicyclic) bond motifs is 1. The maximum atomic E-state index is 10.9. The molecule has 1 aromatic carbocycles. The Morgan fingerprint density at radius 2 is 1.87 bits per heavy atom. The van der Waals surface area contributed by atoms with E-state index in [1.54, 1.807) is 30.5 Å². The van der Waals surface area contributed by atoms with Gasteiger partial charge in [-0.25, -0.2) is 15.1 Å². The number of rotatable bonds is 5. The van der Waals surface area contributed by atoms with Gasteiger partial charge in [0, 0.05) is 18.4 Å². The quantitative estimate of drug-likeness (QED) is 0.553. The van der Waals surface area contributed by atoms with Gasteiger partial charge in [0.2, 0.25) is 0 Å². The highest BCUT2D eigenvalue weighted by Gasteiger charge is 2.05. The number of nitrogens with zero attached hydrogens (tertiary/aromatic N) is 2. The van der Waals surface area contributed by atoms with Crippen molar-refractivity contribution in [2.75, 3.05) is 10.0 Å². The number of benzene rings is 1. The summed E-state index contributed by atoms with van der Waals surface area (Å²) in [7, 11) is -3.75. The van der Waals surface area contributed by atoms with E-state index in [-0.39, 0.29) is 12.4 Å². The first-order valence-electron chi connectivity index (χ1n) is 6.43. The molecule has 2 aromatic heterocycles. The summed E-state index contributed by atoms with van der Waals surface area (Å²) in [6.45, 7) is 0.549. The minimum Gasteiger partial charge on any atom is -0.365 e. The number of anilines is 2. The Morgan fingerprint density at radius 1 is 1.13 bits per heavy atom. The van der Waals surface area contributed by atoms with Gasteiger partial charge < -0.3 is 10.3 Å². The fourth-order valence-electron chi connectivity index (χ4n) is 2.05. The molecule has 2 heterocycles. The van der Waals surface area contributed by atoms with Crippen molar-refractivity contribution < 1.29 is 8.42 Å². The summed E-state index contributed by atoms with van der Waals surface area (Å²) < 4.78 is 24.1. The third-order valence-corrected chi connectivity index (χ3v) is 3.55. The number of hydrogen-bond acceptors (Lipinski definition) is 5. The van der Waals surface area contributed by atoms with E-state index < -0.39 is 10.2 Å². The lowest BCUT2D eigenvalue weighted by Crippen LogP contribution is -2.21. The number of halogens is 1. The van der Waals surface area contributed by atoms with Gasteiger partial charge in [0.15, 0.2) is 0 Å². The van der Waals surface area contributed by atoms with E-state index in [0.717, 1.165) is 22.4 Å². The minimum absolute atomic E-state index is 0. The fraction of sp³-hybridized carbons (Fsp3) is 0.0769. The first-order chi connectivity index (χ1) is 10.5.